The minimum Gasteiger partial charge on any atom is -0.355 e. The summed E-state index contributed by atoms with van der Waals surface area (Å²) >= 11 is 0. The summed E-state index contributed by atoms with van der Waals surface area (Å²) in [5.74, 6) is 1.25. The van der Waals surface area contributed by atoms with E-state index in [1.165, 1.54) is 6.33 Å². The molecule has 1 aromatic carbocycles. The van der Waals surface area contributed by atoms with Crippen LogP contribution in [0.5, 0.6) is 0 Å². The van der Waals surface area contributed by atoms with Crippen molar-refractivity contribution in [3.8, 4) is 0 Å². The zero-order valence-corrected chi connectivity index (χ0v) is 19.8. The number of hydrogen-bond donors (Lipinski definition) is 2. The van der Waals surface area contributed by atoms with Crippen molar-refractivity contribution in [2.75, 3.05) is 24.5 Å². The van der Waals surface area contributed by atoms with Gasteiger partial charge in [0.25, 0.3) is 5.91 Å². The van der Waals surface area contributed by atoms with Gasteiger partial charge in [0.15, 0.2) is 17.0 Å². The Hall–Kier alpha value is -3.69. The molecule has 0 bridgehead atoms. The number of aromatic nitrogens is 6. The Bertz CT molecular complexity index is 1390. The number of amides is 1. The van der Waals surface area contributed by atoms with Crippen molar-refractivity contribution in [3.63, 3.8) is 0 Å². The molecule has 0 radical (unpaired) electrons. The van der Waals surface area contributed by atoms with E-state index in [4.69, 9.17) is 0 Å². The van der Waals surface area contributed by atoms with Crippen molar-refractivity contribution < 1.29 is 4.79 Å². The highest BCUT2D eigenvalue weighted by Gasteiger charge is 2.27. The molecule has 10 heteroatoms. The van der Waals surface area contributed by atoms with E-state index in [0.29, 0.717) is 36.0 Å². The average Bonchev–Trinajstić information content (AvgIpc) is 3.39. The van der Waals surface area contributed by atoms with Crippen LogP contribution in [0.15, 0.2) is 35.4 Å². The van der Waals surface area contributed by atoms with Crippen LogP contribution in [0.4, 0.5) is 5.82 Å². The predicted octanol–water partition coefficient (Wildman–Crippen LogP) is 2.72. The number of anilines is 1. The van der Waals surface area contributed by atoms with Crippen molar-refractivity contribution in [1.82, 2.24) is 34.4 Å². The molecule has 4 aromatic rings. The largest absolute Gasteiger partial charge is 0.355 e. The molecule has 178 valence electrons. The molecular formula is C24H30N8O2. The summed E-state index contributed by atoms with van der Waals surface area (Å²) in [6.07, 6.45) is 3.16. The number of nitrogens with one attached hydrogen (secondary N) is 2. The van der Waals surface area contributed by atoms with Gasteiger partial charge in [-0.25, -0.2) is 19.7 Å². The highest BCUT2D eigenvalue weighted by atomic mass is 16.2. The summed E-state index contributed by atoms with van der Waals surface area (Å²) in [7, 11) is 0. The normalized spacial score (nSPS) is 15.0. The lowest BCUT2D eigenvalue weighted by atomic mass is 10.0. The second kappa shape index (κ2) is 8.92. The standard InChI is InChI=1S/C24H30N8O2/c1-4-31-21-19(29-22(31)23(33)25-13-15(2)3)20(26-14-27-21)30-11-9-16(10-12-30)32-18-8-6-5-7-17(18)28-24(32)34/h5-8,14-16H,4,9-13H2,1-3H3,(H,25,33)(H,28,34). The number of benzene rings is 1. The molecular weight excluding hydrogens is 432 g/mol. The van der Waals surface area contributed by atoms with Crippen LogP contribution in [0.25, 0.3) is 22.2 Å². The summed E-state index contributed by atoms with van der Waals surface area (Å²) in [5.41, 5.74) is 3.04. The van der Waals surface area contributed by atoms with Gasteiger partial charge in [-0.1, -0.05) is 26.0 Å². The molecule has 0 unspecified atom stereocenters. The Morgan fingerprint density at radius 3 is 2.71 bits per heavy atom. The Morgan fingerprint density at radius 2 is 1.97 bits per heavy atom. The maximum Gasteiger partial charge on any atom is 0.326 e. The third-order valence-electron chi connectivity index (χ3n) is 6.46. The van der Waals surface area contributed by atoms with Crippen LogP contribution in [-0.2, 0) is 6.54 Å². The first-order valence-corrected chi connectivity index (χ1v) is 11.9. The number of hydrogen-bond acceptors (Lipinski definition) is 6. The summed E-state index contributed by atoms with van der Waals surface area (Å²) < 4.78 is 3.72. The minimum atomic E-state index is -0.197. The lowest BCUT2D eigenvalue weighted by Crippen LogP contribution is -2.37. The van der Waals surface area contributed by atoms with E-state index in [1.807, 2.05) is 40.3 Å². The number of aromatic amines is 1. The van der Waals surface area contributed by atoms with Crippen molar-refractivity contribution in [2.24, 2.45) is 5.92 Å². The average molecular weight is 463 g/mol. The molecule has 3 aromatic heterocycles. The number of carbonyl (C=O) groups is 1. The van der Waals surface area contributed by atoms with E-state index >= 15 is 0 Å². The summed E-state index contributed by atoms with van der Waals surface area (Å²) in [5, 5.41) is 2.95. The SMILES string of the molecule is CCn1c(C(=O)NCC(C)C)nc2c(N3CCC(n4c(=O)[nH]c5ccccc54)CC3)ncnc21. The number of H-pyrrole nitrogens is 1. The van der Waals surface area contributed by atoms with Gasteiger partial charge < -0.3 is 19.8 Å². The molecule has 0 aliphatic carbocycles. The molecule has 1 aliphatic rings. The van der Waals surface area contributed by atoms with Gasteiger partial charge in [-0.2, -0.15) is 0 Å². The molecule has 4 heterocycles. The number of imidazole rings is 2. The van der Waals surface area contributed by atoms with E-state index in [9.17, 15) is 9.59 Å². The first-order chi connectivity index (χ1) is 16.5. The number of para-hydroxylation sites is 2. The van der Waals surface area contributed by atoms with Crippen molar-refractivity contribution in [2.45, 2.75) is 46.2 Å². The van der Waals surface area contributed by atoms with Gasteiger partial charge >= 0.3 is 5.69 Å². The second-order valence-electron chi connectivity index (χ2n) is 9.19. The van der Waals surface area contributed by atoms with Crippen molar-refractivity contribution >= 4 is 33.9 Å². The Balaban J connectivity index is 1.41. The molecule has 2 N–H and O–H groups in total. The Kier molecular flexibility index (Phi) is 5.80. The smallest absolute Gasteiger partial charge is 0.326 e. The van der Waals surface area contributed by atoms with E-state index in [1.54, 1.807) is 0 Å². The van der Waals surface area contributed by atoms with Crippen molar-refractivity contribution in [3.05, 3.63) is 46.9 Å². The van der Waals surface area contributed by atoms with Gasteiger partial charge in [-0.15, -0.1) is 0 Å². The van der Waals surface area contributed by atoms with E-state index < -0.39 is 0 Å². The van der Waals surface area contributed by atoms with Crippen LogP contribution in [-0.4, -0.2) is 54.6 Å². The maximum atomic E-state index is 12.8. The number of carbonyl (C=O) groups excluding carboxylic acids is 1. The van der Waals surface area contributed by atoms with Crippen molar-refractivity contribution in [1.29, 1.82) is 0 Å². The summed E-state index contributed by atoms with van der Waals surface area (Å²) in [4.78, 5) is 44.2. The third kappa shape index (κ3) is 3.82. The summed E-state index contributed by atoms with van der Waals surface area (Å²) in [6.45, 7) is 8.73. The highest BCUT2D eigenvalue weighted by Crippen LogP contribution is 2.30. The minimum absolute atomic E-state index is 0.0668. The van der Waals surface area contributed by atoms with Crippen LogP contribution in [0.2, 0.25) is 0 Å². The fourth-order valence-electron chi connectivity index (χ4n) is 4.78. The van der Waals surface area contributed by atoms with Gasteiger partial charge in [0.2, 0.25) is 5.82 Å². The van der Waals surface area contributed by atoms with Gasteiger partial charge in [0.1, 0.15) is 6.33 Å². The van der Waals surface area contributed by atoms with Crippen LogP contribution in [0.3, 0.4) is 0 Å². The first-order valence-electron chi connectivity index (χ1n) is 11.9. The van der Waals surface area contributed by atoms with E-state index in [2.05, 4.69) is 44.0 Å². The van der Waals surface area contributed by atoms with E-state index in [0.717, 1.165) is 42.8 Å². The fourth-order valence-corrected chi connectivity index (χ4v) is 4.78. The van der Waals surface area contributed by atoms with Gasteiger partial charge in [0.05, 0.1) is 11.0 Å². The van der Waals surface area contributed by atoms with Gasteiger partial charge in [-0.3, -0.25) is 9.36 Å². The molecule has 5 rings (SSSR count). The number of piperidine rings is 1. The fraction of sp³-hybridized carbons (Fsp3) is 0.458. The van der Waals surface area contributed by atoms with Gasteiger partial charge in [-0.05, 0) is 37.8 Å². The van der Waals surface area contributed by atoms with Crippen LogP contribution in [0.1, 0.15) is 50.3 Å². The Morgan fingerprint density at radius 1 is 1.21 bits per heavy atom. The zero-order valence-electron chi connectivity index (χ0n) is 19.8. The molecule has 1 amide bonds. The molecule has 34 heavy (non-hydrogen) atoms. The lowest BCUT2D eigenvalue weighted by molar-refractivity contribution is 0.0935. The van der Waals surface area contributed by atoms with Crippen LogP contribution in [0, 0.1) is 5.92 Å². The predicted molar refractivity (Wildman–Crippen MR) is 131 cm³/mol. The molecule has 0 saturated carbocycles. The van der Waals surface area contributed by atoms with Crippen LogP contribution < -0.4 is 15.9 Å². The molecule has 10 nitrogen and oxygen atoms in total. The maximum absolute atomic E-state index is 12.8. The second-order valence-corrected chi connectivity index (χ2v) is 9.19. The monoisotopic (exact) mass is 462 g/mol. The number of nitrogens with zero attached hydrogens (tertiary/aromatic N) is 6. The number of rotatable bonds is 6. The molecule has 1 aliphatic heterocycles. The quantitative estimate of drug-likeness (QED) is 0.455. The number of fused-ring (bicyclic) bond motifs is 2. The molecule has 1 saturated heterocycles. The molecule has 0 spiro atoms. The number of aryl methyl sites for hydroxylation is 1. The Labute approximate surface area is 197 Å². The molecule has 1 fully saturated rings. The topological polar surface area (TPSA) is 114 Å². The molecule has 0 atom stereocenters. The third-order valence-corrected chi connectivity index (χ3v) is 6.46. The summed E-state index contributed by atoms with van der Waals surface area (Å²) in [6, 6.07) is 7.91. The lowest BCUT2D eigenvalue weighted by Gasteiger charge is -2.33. The van der Waals surface area contributed by atoms with E-state index in [-0.39, 0.29) is 17.6 Å². The van der Waals surface area contributed by atoms with Crippen LogP contribution >= 0.6 is 0 Å². The zero-order chi connectivity index (χ0) is 23.8. The highest BCUT2D eigenvalue weighted by molar-refractivity contribution is 5.96. The first kappa shape index (κ1) is 22.1. The van der Waals surface area contributed by atoms with Gasteiger partial charge in [0, 0.05) is 32.2 Å².